The molecule has 3 rings (SSSR count). The Balaban J connectivity index is 2.13. The first-order valence-corrected chi connectivity index (χ1v) is 6.84. The highest BCUT2D eigenvalue weighted by Crippen LogP contribution is 2.35. The van der Waals surface area contributed by atoms with Crippen LogP contribution in [-0.2, 0) is 6.42 Å². The summed E-state index contributed by atoms with van der Waals surface area (Å²) >= 11 is 5.40. The van der Waals surface area contributed by atoms with E-state index in [4.69, 9.17) is 12.2 Å². The van der Waals surface area contributed by atoms with Gasteiger partial charge in [0.15, 0.2) is 4.77 Å². The summed E-state index contributed by atoms with van der Waals surface area (Å²) in [6, 6.07) is 9.00. The summed E-state index contributed by atoms with van der Waals surface area (Å²) in [5, 5.41) is 7.32. The van der Waals surface area contributed by atoms with Crippen LogP contribution in [0.3, 0.4) is 0 Å². The zero-order valence-electron chi connectivity index (χ0n) is 10.7. The van der Waals surface area contributed by atoms with Gasteiger partial charge < -0.3 is 0 Å². The Morgan fingerprint density at radius 2 is 2.17 bits per heavy atom. The summed E-state index contributed by atoms with van der Waals surface area (Å²) < 4.78 is 2.94. The molecule has 0 unspecified atom stereocenters. The average Bonchev–Trinajstić information content (AvgIpc) is 2.92. The van der Waals surface area contributed by atoms with Crippen LogP contribution in [0.15, 0.2) is 24.3 Å². The van der Waals surface area contributed by atoms with Gasteiger partial charge in [0.05, 0.1) is 6.04 Å². The molecule has 1 aromatic carbocycles. The first-order chi connectivity index (χ1) is 8.68. The Labute approximate surface area is 112 Å². The van der Waals surface area contributed by atoms with Crippen molar-refractivity contribution >= 4 is 12.2 Å². The number of hydrogen-bond acceptors (Lipinski definition) is 2. The Hall–Kier alpha value is -1.42. The topological polar surface area (TPSA) is 33.6 Å². The van der Waals surface area contributed by atoms with E-state index in [2.05, 4.69) is 52.9 Å². The van der Waals surface area contributed by atoms with E-state index in [-0.39, 0.29) is 0 Å². The van der Waals surface area contributed by atoms with E-state index in [0.29, 0.717) is 12.0 Å². The predicted molar refractivity (Wildman–Crippen MR) is 74.4 cm³/mol. The van der Waals surface area contributed by atoms with Crippen molar-refractivity contribution < 1.29 is 0 Å². The lowest BCUT2D eigenvalue weighted by molar-refractivity contribution is 0.532. The van der Waals surface area contributed by atoms with Crippen LogP contribution in [0.2, 0.25) is 0 Å². The second-order valence-electron chi connectivity index (χ2n) is 5.16. The highest BCUT2D eigenvalue weighted by Gasteiger charge is 2.26. The van der Waals surface area contributed by atoms with Crippen LogP contribution in [0.4, 0.5) is 0 Å². The minimum absolute atomic E-state index is 0.352. The zero-order valence-corrected chi connectivity index (χ0v) is 11.5. The number of fused-ring (bicyclic) bond motifs is 1. The van der Waals surface area contributed by atoms with Crippen LogP contribution in [0.25, 0.3) is 0 Å². The molecule has 1 aliphatic rings. The van der Waals surface area contributed by atoms with Crippen LogP contribution < -0.4 is 0 Å². The SMILES string of the molecule is CC(C)c1n[nH]c(=S)n1[C@@H]1CCc2ccccc21. The molecule has 2 aromatic rings. The van der Waals surface area contributed by atoms with Crippen molar-refractivity contribution in [1.82, 2.24) is 14.8 Å². The van der Waals surface area contributed by atoms with Gasteiger partial charge in [-0.2, -0.15) is 5.10 Å². The Morgan fingerprint density at radius 1 is 1.39 bits per heavy atom. The highest BCUT2D eigenvalue weighted by molar-refractivity contribution is 7.71. The number of aryl methyl sites for hydroxylation is 1. The number of benzene rings is 1. The second kappa shape index (κ2) is 4.35. The van der Waals surface area contributed by atoms with Crippen molar-refractivity contribution in [3.63, 3.8) is 0 Å². The summed E-state index contributed by atoms with van der Waals surface area (Å²) in [5.74, 6) is 1.44. The van der Waals surface area contributed by atoms with Crippen LogP contribution >= 0.6 is 12.2 Å². The molecule has 0 fully saturated rings. The minimum atomic E-state index is 0.352. The van der Waals surface area contributed by atoms with E-state index < -0.39 is 0 Å². The lowest BCUT2D eigenvalue weighted by atomic mass is 10.1. The van der Waals surface area contributed by atoms with Crippen LogP contribution in [0.1, 0.15) is 49.2 Å². The van der Waals surface area contributed by atoms with Gasteiger partial charge in [0, 0.05) is 5.92 Å². The van der Waals surface area contributed by atoms with Crippen molar-refractivity contribution in [2.24, 2.45) is 0 Å². The highest BCUT2D eigenvalue weighted by atomic mass is 32.1. The molecule has 0 amide bonds. The smallest absolute Gasteiger partial charge is 0.195 e. The van der Waals surface area contributed by atoms with Crippen molar-refractivity contribution in [2.45, 2.75) is 38.6 Å². The molecule has 1 N–H and O–H groups in total. The summed E-state index contributed by atoms with van der Waals surface area (Å²) in [4.78, 5) is 0. The molecule has 1 aliphatic carbocycles. The molecule has 0 aliphatic heterocycles. The van der Waals surface area contributed by atoms with Gasteiger partial charge in [-0.25, -0.2) is 0 Å². The van der Waals surface area contributed by atoms with E-state index in [9.17, 15) is 0 Å². The molecule has 1 atom stereocenters. The summed E-state index contributed by atoms with van der Waals surface area (Å²) in [7, 11) is 0. The molecule has 0 radical (unpaired) electrons. The monoisotopic (exact) mass is 259 g/mol. The largest absolute Gasteiger partial charge is 0.296 e. The maximum Gasteiger partial charge on any atom is 0.195 e. The van der Waals surface area contributed by atoms with E-state index in [1.807, 2.05) is 0 Å². The van der Waals surface area contributed by atoms with E-state index in [1.54, 1.807) is 0 Å². The molecule has 1 heterocycles. The average molecular weight is 259 g/mol. The van der Waals surface area contributed by atoms with E-state index in [0.717, 1.165) is 23.4 Å². The fourth-order valence-electron chi connectivity index (χ4n) is 2.83. The molecule has 0 spiro atoms. The van der Waals surface area contributed by atoms with Crippen LogP contribution in [-0.4, -0.2) is 14.8 Å². The third-order valence-electron chi connectivity index (χ3n) is 3.66. The molecule has 0 bridgehead atoms. The zero-order chi connectivity index (χ0) is 12.7. The number of H-pyrrole nitrogens is 1. The van der Waals surface area contributed by atoms with Gasteiger partial charge in [-0.15, -0.1) is 0 Å². The van der Waals surface area contributed by atoms with Gasteiger partial charge in [0.1, 0.15) is 5.82 Å². The molecule has 18 heavy (non-hydrogen) atoms. The molecule has 94 valence electrons. The molecule has 0 saturated heterocycles. The lowest BCUT2D eigenvalue weighted by Gasteiger charge is -2.17. The van der Waals surface area contributed by atoms with Gasteiger partial charge in [-0.3, -0.25) is 9.67 Å². The maximum atomic E-state index is 5.40. The standard InChI is InChI=1S/C14H17N3S/c1-9(2)13-15-16-14(18)17(13)12-8-7-10-5-3-4-6-11(10)12/h3-6,9,12H,7-8H2,1-2H3,(H,16,18)/t12-/m1/s1. The summed E-state index contributed by atoms with van der Waals surface area (Å²) in [5.41, 5.74) is 2.84. The Kier molecular flexibility index (Phi) is 2.82. The summed E-state index contributed by atoms with van der Waals surface area (Å²) in [6.45, 7) is 4.31. The normalized spacial score (nSPS) is 18.3. The van der Waals surface area contributed by atoms with Crippen LogP contribution in [0.5, 0.6) is 0 Å². The number of aromatic amines is 1. The number of aromatic nitrogens is 3. The lowest BCUT2D eigenvalue weighted by Crippen LogP contribution is -2.12. The van der Waals surface area contributed by atoms with E-state index in [1.165, 1.54) is 11.1 Å². The molecule has 4 heteroatoms. The molecule has 0 saturated carbocycles. The molecular weight excluding hydrogens is 242 g/mol. The van der Waals surface area contributed by atoms with Gasteiger partial charge in [-0.05, 0) is 36.2 Å². The second-order valence-corrected chi connectivity index (χ2v) is 5.55. The van der Waals surface area contributed by atoms with Gasteiger partial charge in [0.2, 0.25) is 0 Å². The molecule has 3 nitrogen and oxygen atoms in total. The summed E-state index contributed by atoms with van der Waals surface area (Å²) in [6.07, 6.45) is 2.25. The molecule has 1 aromatic heterocycles. The number of hydrogen-bond donors (Lipinski definition) is 1. The minimum Gasteiger partial charge on any atom is -0.296 e. The van der Waals surface area contributed by atoms with Crippen molar-refractivity contribution in [3.8, 4) is 0 Å². The maximum absolute atomic E-state index is 5.40. The Morgan fingerprint density at radius 3 is 2.94 bits per heavy atom. The first kappa shape index (κ1) is 11.7. The van der Waals surface area contributed by atoms with Crippen molar-refractivity contribution in [1.29, 1.82) is 0 Å². The number of nitrogens with one attached hydrogen (secondary N) is 1. The van der Waals surface area contributed by atoms with Crippen LogP contribution in [0, 0.1) is 4.77 Å². The van der Waals surface area contributed by atoms with Gasteiger partial charge in [0.25, 0.3) is 0 Å². The van der Waals surface area contributed by atoms with Crippen molar-refractivity contribution in [2.75, 3.05) is 0 Å². The third-order valence-corrected chi connectivity index (χ3v) is 3.95. The third kappa shape index (κ3) is 1.72. The predicted octanol–water partition coefficient (Wildman–Crippen LogP) is 3.60. The van der Waals surface area contributed by atoms with Gasteiger partial charge >= 0.3 is 0 Å². The fourth-order valence-corrected chi connectivity index (χ4v) is 3.09. The van der Waals surface area contributed by atoms with E-state index >= 15 is 0 Å². The molecular formula is C14H17N3S. The number of nitrogens with zero attached hydrogens (tertiary/aromatic N) is 2. The fraction of sp³-hybridized carbons (Fsp3) is 0.429. The first-order valence-electron chi connectivity index (χ1n) is 6.43. The van der Waals surface area contributed by atoms with Crippen molar-refractivity contribution in [3.05, 3.63) is 46.0 Å². The quantitative estimate of drug-likeness (QED) is 0.836. The van der Waals surface area contributed by atoms with Gasteiger partial charge in [-0.1, -0.05) is 38.1 Å². The Bertz CT molecular complexity index is 624. The number of rotatable bonds is 2.